The molecule has 1 aliphatic heterocycles. The third-order valence-electron chi connectivity index (χ3n) is 8.19. The highest BCUT2D eigenvalue weighted by Gasteiger charge is 2.36. The van der Waals surface area contributed by atoms with Gasteiger partial charge in [-0.1, -0.05) is 43.5 Å². The van der Waals surface area contributed by atoms with Gasteiger partial charge < -0.3 is 14.4 Å². The average molecular weight is 530 g/mol. The largest absolute Gasteiger partial charge is 0.473 e. The van der Waals surface area contributed by atoms with Crippen LogP contribution in [0.2, 0.25) is 0 Å². The maximum atomic E-state index is 12.9. The van der Waals surface area contributed by atoms with Gasteiger partial charge in [0.1, 0.15) is 0 Å². The van der Waals surface area contributed by atoms with Gasteiger partial charge in [-0.3, -0.25) is 0 Å². The zero-order valence-electron chi connectivity index (χ0n) is 23.6. The van der Waals surface area contributed by atoms with Gasteiger partial charge in [-0.15, -0.1) is 5.10 Å². The van der Waals surface area contributed by atoms with E-state index in [4.69, 9.17) is 19.6 Å². The third kappa shape index (κ3) is 5.38. The Hall–Kier alpha value is -3.44. The molecule has 39 heavy (non-hydrogen) atoms. The van der Waals surface area contributed by atoms with Gasteiger partial charge in [0.25, 0.3) is 0 Å². The zero-order valence-corrected chi connectivity index (χ0v) is 23.6. The maximum Gasteiger partial charge on any atom is 0.357 e. The van der Waals surface area contributed by atoms with Crippen molar-refractivity contribution in [2.75, 3.05) is 26.7 Å². The van der Waals surface area contributed by atoms with E-state index in [9.17, 15) is 10.1 Å². The number of rotatable bonds is 7. The molecule has 0 unspecified atom stereocenters. The highest BCUT2D eigenvalue weighted by molar-refractivity contribution is 6.01. The molecule has 3 heterocycles. The SMILES string of the molecule is CCOC(=O)c1cc(-c2ccc(C3(C#N)CCN(C)CC3)cc2)c2c(OC(C)C)nn(C3CCCCC3)c2n1. The first-order valence-corrected chi connectivity index (χ1v) is 14.3. The Morgan fingerprint density at radius 1 is 1.15 bits per heavy atom. The molecule has 5 rings (SSSR count). The van der Waals surface area contributed by atoms with Crippen LogP contribution in [0, 0.1) is 11.3 Å². The Balaban J connectivity index is 1.66. The van der Waals surface area contributed by atoms with Gasteiger partial charge in [-0.25, -0.2) is 14.5 Å². The van der Waals surface area contributed by atoms with Crippen LogP contribution in [-0.2, 0) is 10.2 Å². The second kappa shape index (κ2) is 11.4. The van der Waals surface area contributed by atoms with Crippen LogP contribution in [0.5, 0.6) is 5.88 Å². The lowest BCUT2D eigenvalue weighted by atomic mass is 9.74. The second-order valence-corrected chi connectivity index (χ2v) is 11.3. The summed E-state index contributed by atoms with van der Waals surface area (Å²) < 4.78 is 13.6. The van der Waals surface area contributed by atoms with Crippen molar-refractivity contribution in [3.05, 3.63) is 41.6 Å². The quantitative estimate of drug-likeness (QED) is 0.344. The Bertz CT molecular complexity index is 1360. The van der Waals surface area contributed by atoms with Crippen LogP contribution in [0.4, 0.5) is 0 Å². The molecular weight excluding hydrogens is 490 g/mol. The van der Waals surface area contributed by atoms with Gasteiger partial charge in [0.05, 0.1) is 35.6 Å². The predicted molar refractivity (Wildman–Crippen MR) is 151 cm³/mol. The molecule has 0 amide bonds. The van der Waals surface area contributed by atoms with E-state index in [-0.39, 0.29) is 24.4 Å². The molecule has 0 radical (unpaired) electrons. The molecule has 8 heteroatoms. The van der Waals surface area contributed by atoms with Gasteiger partial charge >= 0.3 is 5.97 Å². The molecule has 1 saturated carbocycles. The van der Waals surface area contributed by atoms with Crippen molar-refractivity contribution < 1.29 is 14.3 Å². The molecule has 1 aliphatic carbocycles. The normalized spacial score (nSPS) is 18.3. The first kappa shape index (κ1) is 27.1. The van der Waals surface area contributed by atoms with Crippen LogP contribution in [0.1, 0.15) is 87.8 Å². The minimum atomic E-state index is -0.480. The number of pyridine rings is 1. The molecule has 2 aliphatic rings. The molecule has 2 fully saturated rings. The Morgan fingerprint density at radius 2 is 1.85 bits per heavy atom. The van der Waals surface area contributed by atoms with Crippen molar-refractivity contribution >= 4 is 17.0 Å². The van der Waals surface area contributed by atoms with Crippen molar-refractivity contribution in [1.82, 2.24) is 19.7 Å². The van der Waals surface area contributed by atoms with Gasteiger partial charge in [-0.05, 0) is 83.8 Å². The summed E-state index contributed by atoms with van der Waals surface area (Å²) in [6, 6.07) is 12.9. The molecule has 0 bridgehead atoms. The van der Waals surface area contributed by atoms with E-state index < -0.39 is 11.4 Å². The van der Waals surface area contributed by atoms with E-state index in [2.05, 4.69) is 30.1 Å². The Labute approximate surface area is 230 Å². The van der Waals surface area contributed by atoms with Crippen LogP contribution in [0.25, 0.3) is 22.2 Å². The molecule has 0 atom stereocenters. The van der Waals surface area contributed by atoms with Gasteiger partial charge in [0.15, 0.2) is 11.3 Å². The number of carbonyl (C=O) groups is 1. The summed E-state index contributed by atoms with van der Waals surface area (Å²) >= 11 is 0. The summed E-state index contributed by atoms with van der Waals surface area (Å²) in [5, 5.41) is 15.9. The zero-order chi connectivity index (χ0) is 27.6. The van der Waals surface area contributed by atoms with Crippen molar-refractivity contribution in [3.63, 3.8) is 0 Å². The van der Waals surface area contributed by atoms with Gasteiger partial charge in [-0.2, -0.15) is 5.26 Å². The van der Waals surface area contributed by atoms with E-state index in [1.807, 2.05) is 30.7 Å². The number of carbonyl (C=O) groups excluding carboxylic acids is 1. The summed E-state index contributed by atoms with van der Waals surface area (Å²) in [6.45, 7) is 7.86. The number of hydrogen-bond donors (Lipinski definition) is 0. The van der Waals surface area contributed by atoms with Crippen LogP contribution in [-0.4, -0.2) is 58.5 Å². The lowest BCUT2D eigenvalue weighted by molar-refractivity contribution is 0.0520. The van der Waals surface area contributed by atoms with E-state index in [1.165, 1.54) is 6.42 Å². The molecule has 8 nitrogen and oxygen atoms in total. The number of nitrogens with zero attached hydrogens (tertiary/aromatic N) is 5. The summed E-state index contributed by atoms with van der Waals surface area (Å²) in [5.74, 6) is 0.0890. The lowest BCUT2D eigenvalue weighted by Crippen LogP contribution is -2.39. The van der Waals surface area contributed by atoms with Crippen molar-refractivity contribution in [1.29, 1.82) is 5.26 Å². The number of fused-ring (bicyclic) bond motifs is 1. The topological polar surface area (TPSA) is 93.3 Å². The molecule has 2 aromatic heterocycles. The van der Waals surface area contributed by atoms with Crippen molar-refractivity contribution in [2.45, 2.75) is 83.3 Å². The van der Waals surface area contributed by atoms with E-state index in [0.29, 0.717) is 11.5 Å². The Morgan fingerprint density at radius 3 is 2.46 bits per heavy atom. The van der Waals surface area contributed by atoms with Crippen molar-refractivity contribution in [2.24, 2.45) is 0 Å². The summed E-state index contributed by atoms with van der Waals surface area (Å²) in [4.78, 5) is 20.0. The summed E-state index contributed by atoms with van der Waals surface area (Å²) in [5.41, 5.74) is 3.24. The van der Waals surface area contributed by atoms with Crippen LogP contribution in [0.3, 0.4) is 0 Å². The van der Waals surface area contributed by atoms with Crippen LogP contribution in [0.15, 0.2) is 30.3 Å². The minimum absolute atomic E-state index is 0.0669. The van der Waals surface area contributed by atoms with E-state index >= 15 is 0 Å². The van der Waals surface area contributed by atoms with Crippen molar-refractivity contribution in [3.8, 4) is 23.1 Å². The fourth-order valence-electron chi connectivity index (χ4n) is 5.96. The molecule has 206 valence electrons. The molecular formula is C31H39N5O3. The second-order valence-electron chi connectivity index (χ2n) is 11.3. The number of benzene rings is 1. The molecule has 3 aromatic rings. The summed E-state index contributed by atoms with van der Waals surface area (Å²) in [7, 11) is 2.10. The molecule has 0 spiro atoms. The molecule has 0 N–H and O–H groups in total. The van der Waals surface area contributed by atoms with Crippen LogP contribution < -0.4 is 4.74 Å². The predicted octanol–water partition coefficient (Wildman–Crippen LogP) is 6.05. The smallest absolute Gasteiger partial charge is 0.357 e. The fraction of sp³-hybridized carbons (Fsp3) is 0.548. The Kier molecular flexibility index (Phi) is 7.90. The number of aromatic nitrogens is 3. The van der Waals surface area contributed by atoms with Crippen LogP contribution >= 0.6 is 0 Å². The van der Waals surface area contributed by atoms with Gasteiger partial charge in [0.2, 0.25) is 5.88 Å². The molecule has 1 aromatic carbocycles. The minimum Gasteiger partial charge on any atom is -0.473 e. The first-order chi connectivity index (χ1) is 18.8. The van der Waals surface area contributed by atoms with E-state index in [1.54, 1.807) is 13.0 Å². The first-order valence-electron chi connectivity index (χ1n) is 14.3. The number of piperidine rings is 1. The van der Waals surface area contributed by atoms with E-state index in [0.717, 1.165) is 73.7 Å². The number of hydrogen-bond acceptors (Lipinski definition) is 7. The number of esters is 1. The third-order valence-corrected chi connectivity index (χ3v) is 8.19. The average Bonchev–Trinajstić information content (AvgIpc) is 3.31. The fourth-order valence-corrected chi connectivity index (χ4v) is 5.96. The monoisotopic (exact) mass is 529 g/mol. The standard InChI is InChI=1S/C31H39N5O3/c1-5-38-30(37)26-19-25(22-11-13-23(14-12-22)31(20-32)15-17-35(4)18-16-31)27-28(33-26)36(24-9-7-6-8-10-24)34-29(27)39-21(2)3/h11-14,19,21,24H,5-10,15-18H2,1-4H3. The number of nitriles is 1. The maximum absolute atomic E-state index is 12.9. The highest BCUT2D eigenvalue weighted by atomic mass is 16.5. The number of likely N-dealkylation sites (tertiary alicyclic amines) is 1. The number of ether oxygens (including phenoxy) is 2. The summed E-state index contributed by atoms with van der Waals surface area (Å²) in [6.07, 6.45) is 7.13. The van der Waals surface area contributed by atoms with Gasteiger partial charge in [0, 0.05) is 5.56 Å². The molecule has 1 saturated heterocycles. The highest BCUT2D eigenvalue weighted by Crippen LogP contribution is 2.41. The lowest BCUT2D eigenvalue weighted by Gasteiger charge is -2.35.